The molecule has 1 aromatic rings. The molecule has 0 saturated carbocycles. The van der Waals surface area contributed by atoms with E-state index in [4.69, 9.17) is 0 Å². The number of hydrogen-bond donors (Lipinski definition) is 2. The Morgan fingerprint density at radius 2 is 2.33 bits per heavy atom. The average molecular weight is 205 g/mol. The maximum atomic E-state index is 9.61. The van der Waals surface area contributed by atoms with E-state index in [1.165, 1.54) is 18.4 Å². The molecule has 2 rings (SSSR count). The van der Waals surface area contributed by atoms with Gasteiger partial charge in [-0.25, -0.2) is 0 Å². The maximum absolute atomic E-state index is 9.61. The molecule has 1 fully saturated rings. The van der Waals surface area contributed by atoms with Crippen LogP contribution >= 0.6 is 0 Å². The van der Waals surface area contributed by atoms with Crippen molar-refractivity contribution in [3.8, 4) is 5.75 Å². The lowest BCUT2D eigenvalue weighted by Crippen LogP contribution is -2.30. The van der Waals surface area contributed by atoms with E-state index < -0.39 is 0 Å². The summed E-state index contributed by atoms with van der Waals surface area (Å²) in [6, 6.07) is 6.04. The van der Waals surface area contributed by atoms with Gasteiger partial charge in [-0.2, -0.15) is 0 Å². The summed E-state index contributed by atoms with van der Waals surface area (Å²) >= 11 is 0. The summed E-state index contributed by atoms with van der Waals surface area (Å²) in [6.45, 7) is 4.21. The summed E-state index contributed by atoms with van der Waals surface area (Å²) in [5, 5.41) is 13.0. The lowest BCUT2D eigenvalue weighted by Gasteiger charge is -2.22. The number of nitrogens with one attached hydrogen (secondary N) is 1. The topological polar surface area (TPSA) is 32.3 Å². The molecule has 1 aromatic carbocycles. The van der Waals surface area contributed by atoms with Gasteiger partial charge in [0.05, 0.1) is 0 Å². The second kappa shape index (κ2) is 4.67. The summed E-state index contributed by atoms with van der Waals surface area (Å²) in [6.07, 6.45) is 3.67. The number of phenols is 1. The zero-order chi connectivity index (χ0) is 10.7. The molecule has 2 heteroatoms. The smallest absolute Gasteiger partial charge is 0.118 e. The van der Waals surface area contributed by atoms with E-state index in [-0.39, 0.29) is 0 Å². The fraction of sp³-hybridized carbons (Fsp3) is 0.538. The normalized spacial score (nSPS) is 21.5. The second-order valence-electron chi connectivity index (χ2n) is 4.54. The van der Waals surface area contributed by atoms with Gasteiger partial charge in [0.25, 0.3) is 0 Å². The Morgan fingerprint density at radius 3 is 3.00 bits per heavy atom. The van der Waals surface area contributed by atoms with E-state index in [9.17, 15) is 5.11 Å². The molecule has 0 spiro atoms. The minimum atomic E-state index is 0.427. The van der Waals surface area contributed by atoms with Crippen LogP contribution in [-0.4, -0.2) is 18.2 Å². The molecule has 82 valence electrons. The fourth-order valence-corrected chi connectivity index (χ4v) is 2.21. The molecule has 0 amide bonds. The van der Waals surface area contributed by atoms with Crippen LogP contribution < -0.4 is 5.32 Å². The van der Waals surface area contributed by atoms with Gasteiger partial charge in [-0.15, -0.1) is 0 Å². The monoisotopic (exact) mass is 205 g/mol. The first-order chi connectivity index (χ1) is 7.25. The van der Waals surface area contributed by atoms with Crippen LogP contribution in [0.5, 0.6) is 5.75 Å². The van der Waals surface area contributed by atoms with Crippen molar-refractivity contribution in [2.75, 3.05) is 13.1 Å². The highest BCUT2D eigenvalue weighted by atomic mass is 16.3. The third-order valence-corrected chi connectivity index (χ3v) is 3.20. The van der Waals surface area contributed by atoms with Crippen LogP contribution in [0.15, 0.2) is 18.2 Å². The number of rotatable bonds is 2. The summed E-state index contributed by atoms with van der Waals surface area (Å²) in [4.78, 5) is 0. The van der Waals surface area contributed by atoms with Gasteiger partial charge in [0.1, 0.15) is 5.75 Å². The molecule has 0 aliphatic carbocycles. The molecule has 1 atom stereocenters. The summed E-state index contributed by atoms with van der Waals surface area (Å²) in [7, 11) is 0. The standard InChI is InChI=1S/C13H19NO/c1-10-4-5-11(8-13(10)15)7-12-3-2-6-14-9-12/h4-5,8,12,14-15H,2-3,6-7,9H2,1H3. The molecule has 1 aliphatic rings. The van der Waals surface area contributed by atoms with Crippen LogP contribution in [0, 0.1) is 12.8 Å². The zero-order valence-electron chi connectivity index (χ0n) is 9.29. The number of phenolic OH excluding ortho intramolecular Hbond substituents is 1. The molecule has 1 heterocycles. The molecule has 0 bridgehead atoms. The van der Waals surface area contributed by atoms with Crippen LogP contribution in [-0.2, 0) is 6.42 Å². The molecule has 1 aliphatic heterocycles. The Hall–Kier alpha value is -1.02. The van der Waals surface area contributed by atoms with E-state index in [1.807, 2.05) is 19.1 Å². The molecule has 1 unspecified atom stereocenters. The Labute approximate surface area is 91.3 Å². The molecule has 2 N–H and O–H groups in total. The van der Waals surface area contributed by atoms with Gasteiger partial charge < -0.3 is 10.4 Å². The first-order valence-electron chi connectivity index (χ1n) is 5.75. The molecular formula is C13H19NO. The summed E-state index contributed by atoms with van der Waals surface area (Å²) in [5.74, 6) is 1.16. The van der Waals surface area contributed by atoms with Crippen molar-refractivity contribution < 1.29 is 5.11 Å². The van der Waals surface area contributed by atoms with Gasteiger partial charge in [-0.05, 0) is 62.4 Å². The molecule has 2 nitrogen and oxygen atoms in total. The minimum Gasteiger partial charge on any atom is -0.508 e. The van der Waals surface area contributed by atoms with Gasteiger partial charge in [-0.1, -0.05) is 12.1 Å². The van der Waals surface area contributed by atoms with E-state index in [2.05, 4.69) is 11.4 Å². The number of aryl methyl sites for hydroxylation is 1. The number of aromatic hydroxyl groups is 1. The minimum absolute atomic E-state index is 0.427. The second-order valence-corrected chi connectivity index (χ2v) is 4.54. The zero-order valence-corrected chi connectivity index (χ0v) is 9.29. The molecular weight excluding hydrogens is 186 g/mol. The van der Waals surface area contributed by atoms with Crippen molar-refractivity contribution in [2.24, 2.45) is 5.92 Å². The van der Waals surface area contributed by atoms with E-state index in [0.717, 1.165) is 31.0 Å². The van der Waals surface area contributed by atoms with Crippen LogP contribution in [0.2, 0.25) is 0 Å². The van der Waals surface area contributed by atoms with Crippen molar-refractivity contribution in [1.82, 2.24) is 5.32 Å². The van der Waals surface area contributed by atoms with Crippen molar-refractivity contribution in [1.29, 1.82) is 0 Å². The van der Waals surface area contributed by atoms with Gasteiger partial charge in [0.15, 0.2) is 0 Å². The fourth-order valence-electron chi connectivity index (χ4n) is 2.21. The van der Waals surface area contributed by atoms with E-state index in [0.29, 0.717) is 5.75 Å². The number of benzene rings is 1. The van der Waals surface area contributed by atoms with Crippen molar-refractivity contribution in [3.05, 3.63) is 29.3 Å². The van der Waals surface area contributed by atoms with Gasteiger partial charge >= 0.3 is 0 Å². The Kier molecular flexibility index (Phi) is 3.27. The first-order valence-corrected chi connectivity index (χ1v) is 5.75. The summed E-state index contributed by atoms with van der Waals surface area (Å²) < 4.78 is 0. The first kappa shape index (κ1) is 10.5. The van der Waals surface area contributed by atoms with E-state index >= 15 is 0 Å². The summed E-state index contributed by atoms with van der Waals surface area (Å²) in [5.41, 5.74) is 2.22. The van der Waals surface area contributed by atoms with Gasteiger partial charge in [0.2, 0.25) is 0 Å². The molecule has 1 saturated heterocycles. The molecule has 0 aromatic heterocycles. The van der Waals surface area contributed by atoms with Crippen LogP contribution in [0.25, 0.3) is 0 Å². The number of hydrogen-bond acceptors (Lipinski definition) is 2. The highest BCUT2D eigenvalue weighted by molar-refractivity contribution is 5.35. The number of piperidine rings is 1. The third-order valence-electron chi connectivity index (χ3n) is 3.20. The average Bonchev–Trinajstić information content (AvgIpc) is 2.25. The Bertz CT molecular complexity index is 329. The largest absolute Gasteiger partial charge is 0.508 e. The highest BCUT2D eigenvalue weighted by Crippen LogP contribution is 2.21. The Balaban J connectivity index is 2.00. The van der Waals surface area contributed by atoms with Crippen LogP contribution in [0.3, 0.4) is 0 Å². The third kappa shape index (κ3) is 2.72. The lowest BCUT2D eigenvalue weighted by atomic mass is 9.92. The lowest BCUT2D eigenvalue weighted by molar-refractivity contribution is 0.375. The predicted octanol–water partition coefficient (Wildman–Crippen LogP) is 2.24. The Morgan fingerprint density at radius 1 is 1.47 bits per heavy atom. The highest BCUT2D eigenvalue weighted by Gasteiger charge is 2.13. The SMILES string of the molecule is Cc1ccc(CC2CCCNC2)cc1O. The van der Waals surface area contributed by atoms with Gasteiger partial charge in [-0.3, -0.25) is 0 Å². The van der Waals surface area contributed by atoms with E-state index in [1.54, 1.807) is 0 Å². The predicted molar refractivity (Wildman–Crippen MR) is 62.1 cm³/mol. The van der Waals surface area contributed by atoms with Crippen molar-refractivity contribution in [3.63, 3.8) is 0 Å². The van der Waals surface area contributed by atoms with Crippen LogP contribution in [0.1, 0.15) is 24.0 Å². The van der Waals surface area contributed by atoms with Crippen molar-refractivity contribution in [2.45, 2.75) is 26.2 Å². The maximum Gasteiger partial charge on any atom is 0.118 e. The quantitative estimate of drug-likeness (QED) is 0.776. The van der Waals surface area contributed by atoms with Gasteiger partial charge in [0, 0.05) is 0 Å². The van der Waals surface area contributed by atoms with Crippen LogP contribution in [0.4, 0.5) is 0 Å². The molecule has 15 heavy (non-hydrogen) atoms. The van der Waals surface area contributed by atoms with Crippen molar-refractivity contribution >= 4 is 0 Å². The molecule has 0 radical (unpaired) electrons.